The van der Waals surface area contributed by atoms with Crippen molar-refractivity contribution in [1.29, 1.82) is 0 Å². The molecule has 0 saturated carbocycles. The maximum absolute atomic E-state index is 6.09. The molecule has 0 aliphatic carbocycles. The van der Waals surface area contributed by atoms with E-state index in [0.717, 1.165) is 5.46 Å². The van der Waals surface area contributed by atoms with E-state index >= 15 is 0 Å². The molecule has 0 atom stereocenters. The molecule has 0 aliphatic rings. The van der Waals surface area contributed by atoms with Crippen molar-refractivity contribution in [3.8, 4) is 0 Å². The number of hydrogen-bond donors (Lipinski definition) is 0. The van der Waals surface area contributed by atoms with Gasteiger partial charge in [-0.2, -0.15) is 0 Å². The summed E-state index contributed by atoms with van der Waals surface area (Å²) in [6.45, 7) is 8.71. The van der Waals surface area contributed by atoms with Gasteiger partial charge in [0.25, 0.3) is 0 Å². The maximum Gasteiger partial charge on any atom is 0.114 e. The Morgan fingerprint density at radius 1 is 0.923 bits per heavy atom. The molecule has 0 fully saturated rings. The Labute approximate surface area is 82.8 Å². The van der Waals surface area contributed by atoms with Crippen LogP contribution in [0.1, 0.15) is 50.7 Å². The molecule has 1 rings (SSSR count). The van der Waals surface area contributed by atoms with Gasteiger partial charge in [0.05, 0.1) is 0 Å². The van der Waals surface area contributed by atoms with Gasteiger partial charge < -0.3 is 0 Å². The fraction of sp³-hybridized carbons (Fsp3) is 0.500. The molecule has 13 heavy (non-hydrogen) atoms. The second-order valence-corrected chi connectivity index (χ2v) is 4.16. The topological polar surface area (TPSA) is 0 Å². The monoisotopic (exact) mass is 172 g/mol. The molecule has 0 saturated heterocycles. The van der Waals surface area contributed by atoms with Crippen molar-refractivity contribution < 1.29 is 0 Å². The third-order valence-corrected chi connectivity index (χ3v) is 2.42. The molecular weight excluding hydrogens is 155 g/mol. The zero-order valence-corrected chi connectivity index (χ0v) is 8.96. The normalized spacial score (nSPS) is 11.2. The first kappa shape index (κ1) is 10.4. The van der Waals surface area contributed by atoms with Gasteiger partial charge in [-0.3, -0.25) is 0 Å². The van der Waals surface area contributed by atoms with Crippen molar-refractivity contribution in [1.82, 2.24) is 0 Å². The summed E-state index contributed by atoms with van der Waals surface area (Å²) >= 11 is 0. The molecule has 0 bridgehead atoms. The fourth-order valence-corrected chi connectivity index (χ4v) is 1.61. The average molecular weight is 172 g/mol. The van der Waals surface area contributed by atoms with E-state index in [1.165, 1.54) is 11.1 Å². The lowest BCUT2D eigenvalue weighted by atomic mass is 9.79. The van der Waals surface area contributed by atoms with E-state index in [-0.39, 0.29) is 0 Å². The molecule has 0 heterocycles. The van der Waals surface area contributed by atoms with E-state index < -0.39 is 0 Å². The minimum absolute atomic E-state index is 0.513. The van der Waals surface area contributed by atoms with Crippen LogP contribution < -0.4 is 5.46 Å². The van der Waals surface area contributed by atoms with Crippen LogP contribution in [0, 0.1) is 0 Å². The second-order valence-electron chi connectivity index (χ2n) is 4.16. The van der Waals surface area contributed by atoms with Crippen molar-refractivity contribution in [2.75, 3.05) is 0 Å². The maximum atomic E-state index is 6.09. The van der Waals surface area contributed by atoms with E-state index in [1.54, 1.807) is 0 Å². The van der Waals surface area contributed by atoms with Crippen LogP contribution in [0.5, 0.6) is 0 Å². The summed E-state index contributed by atoms with van der Waals surface area (Å²) in [4.78, 5) is 0. The minimum atomic E-state index is 0.513. The summed E-state index contributed by atoms with van der Waals surface area (Å²) in [7, 11) is 6.09. The first-order chi connectivity index (χ1) is 6.04. The van der Waals surface area contributed by atoms with Crippen molar-refractivity contribution in [3.05, 3.63) is 29.3 Å². The molecule has 0 N–H and O–H groups in total. The summed E-state index contributed by atoms with van der Waals surface area (Å²) in [5.41, 5.74) is 3.52. The van der Waals surface area contributed by atoms with Crippen LogP contribution >= 0.6 is 0 Å². The highest BCUT2D eigenvalue weighted by Gasteiger charge is 2.08. The first-order valence-electron chi connectivity index (χ1n) is 4.92. The highest BCUT2D eigenvalue weighted by atomic mass is 14.1. The molecule has 68 valence electrons. The zero-order valence-electron chi connectivity index (χ0n) is 8.96. The molecule has 2 radical (unpaired) electrons. The average Bonchev–Trinajstić information content (AvgIpc) is 2.03. The highest BCUT2D eigenvalue weighted by Crippen LogP contribution is 2.17. The number of benzene rings is 1. The molecule has 0 unspecified atom stereocenters. The van der Waals surface area contributed by atoms with E-state index in [0.29, 0.717) is 11.8 Å². The smallest absolute Gasteiger partial charge is 0.0899 e. The van der Waals surface area contributed by atoms with Crippen LogP contribution in [0.3, 0.4) is 0 Å². The predicted molar refractivity (Wildman–Crippen MR) is 60.0 cm³/mol. The highest BCUT2D eigenvalue weighted by molar-refractivity contribution is 6.34. The molecule has 0 aliphatic heterocycles. The Balaban J connectivity index is 3.18. The Hall–Kier alpha value is -0.715. The standard InChI is InChI=1S/C12H17B/c1-8(2)10-6-5-7-11(9(3)4)12(10)13/h5-9H,1-4H3. The van der Waals surface area contributed by atoms with Gasteiger partial charge in [0, 0.05) is 0 Å². The molecule has 0 amide bonds. The van der Waals surface area contributed by atoms with Gasteiger partial charge >= 0.3 is 0 Å². The molecule has 0 nitrogen and oxygen atoms in total. The van der Waals surface area contributed by atoms with Gasteiger partial charge in [-0.05, 0) is 11.8 Å². The lowest BCUT2D eigenvalue weighted by Crippen LogP contribution is -2.18. The van der Waals surface area contributed by atoms with Crippen LogP contribution in [-0.4, -0.2) is 7.85 Å². The molecule has 0 spiro atoms. The van der Waals surface area contributed by atoms with Crippen LogP contribution in [-0.2, 0) is 0 Å². The molecule has 1 heteroatoms. The van der Waals surface area contributed by atoms with Crippen molar-refractivity contribution in [3.63, 3.8) is 0 Å². The molecule has 1 aromatic rings. The third-order valence-electron chi connectivity index (χ3n) is 2.42. The van der Waals surface area contributed by atoms with Gasteiger partial charge in [0.15, 0.2) is 0 Å². The van der Waals surface area contributed by atoms with E-state index in [1.807, 2.05) is 0 Å². The van der Waals surface area contributed by atoms with E-state index in [4.69, 9.17) is 7.85 Å². The SMILES string of the molecule is [B]c1c(C(C)C)cccc1C(C)C. The van der Waals surface area contributed by atoms with Crippen molar-refractivity contribution >= 4 is 13.3 Å². The summed E-state index contributed by atoms with van der Waals surface area (Å²) in [6, 6.07) is 6.33. The molecule has 1 aromatic carbocycles. The summed E-state index contributed by atoms with van der Waals surface area (Å²) < 4.78 is 0. The Kier molecular flexibility index (Phi) is 3.19. The number of rotatable bonds is 2. The Morgan fingerprint density at radius 3 is 1.62 bits per heavy atom. The van der Waals surface area contributed by atoms with E-state index in [2.05, 4.69) is 45.9 Å². The quantitative estimate of drug-likeness (QED) is 0.601. The lowest BCUT2D eigenvalue weighted by molar-refractivity contribution is 0.846. The second kappa shape index (κ2) is 4.00. The summed E-state index contributed by atoms with van der Waals surface area (Å²) in [5.74, 6) is 1.03. The molecular formula is C12H17B. The minimum Gasteiger partial charge on any atom is -0.0899 e. The van der Waals surface area contributed by atoms with Crippen LogP contribution in [0.2, 0.25) is 0 Å². The van der Waals surface area contributed by atoms with Crippen LogP contribution in [0.4, 0.5) is 0 Å². The van der Waals surface area contributed by atoms with Gasteiger partial charge in [0.2, 0.25) is 0 Å². The predicted octanol–water partition coefficient (Wildman–Crippen LogP) is 2.73. The molecule has 0 aromatic heterocycles. The van der Waals surface area contributed by atoms with E-state index in [9.17, 15) is 0 Å². The van der Waals surface area contributed by atoms with Crippen LogP contribution in [0.15, 0.2) is 18.2 Å². The van der Waals surface area contributed by atoms with Gasteiger partial charge in [-0.1, -0.05) is 62.5 Å². The van der Waals surface area contributed by atoms with Gasteiger partial charge in [-0.15, -0.1) is 0 Å². The number of hydrogen-bond acceptors (Lipinski definition) is 0. The van der Waals surface area contributed by atoms with Crippen LogP contribution in [0.25, 0.3) is 0 Å². The lowest BCUT2D eigenvalue weighted by Gasteiger charge is -2.16. The Bertz CT molecular complexity index is 261. The van der Waals surface area contributed by atoms with Crippen molar-refractivity contribution in [2.24, 2.45) is 0 Å². The third kappa shape index (κ3) is 2.15. The summed E-state index contributed by atoms with van der Waals surface area (Å²) in [5, 5.41) is 0. The zero-order chi connectivity index (χ0) is 10.0. The Morgan fingerprint density at radius 2 is 1.31 bits per heavy atom. The largest absolute Gasteiger partial charge is 0.114 e. The van der Waals surface area contributed by atoms with Gasteiger partial charge in [-0.25, -0.2) is 0 Å². The fourth-order valence-electron chi connectivity index (χ4n) is 1.61. The summed E-state index contributed by atoms with van der Waals surface area (Å²) in [6.07, 6.45) is 0. The van der Waals surface area contributed by atoms with Gasteiger partial charge in [0.1, 0.15) is 7.85 Å². The van der Waals surface area contributed by atoms with Crippen molar-refractivity contribution in [2.45, 2.75) is 39.5 Å². The first-order valence-corrected chi connectivity index (χ1v) is 4.92.